The molecule has 0 saturated heterocycles. The number of aryl methyl sites for hydroxylation is 1. The number of hydrazone groups is 1. The first-order chi connectivity index (χ1) is 25.8. The Morgan fingerprint density at radius 1 is 0.526 bits per heavy atom. The molecule has 0 amide bonds. The van der Waals surface area contributed by atoms with Crippen molar-refractivity contribution in [3.63, 3.8) is 0 Å². The van der Waals surface area contributed by atoms with Crippen molar-refractivity contribution in [2.75, 3.05) is 7.05 Å². The van der Waals surface area contributed by atoms with E-state index in [0.717, 1.165) is 29.3 Å². The Balaban J connectivity index is -0.000000296. The van der Waals surface area contributed by atoms with E-state index in [9.17, 15) is 0 Å². The van der Waals surface area contributed by atoms with Crippen LogP contribution in [-0.4, -0.2) is 59.0 Å². The first-order valence-corrected chi connectivity index (χ1v) is 20.5. The molecular formula is C48H89N9. The molecule has 326 valence electrons. The molecular weight excluding hydrogens is 703 g/mol. The number of nitrogens with zero attached hydrogens (tertiary/aromatic N) is 9. The fourth-order valence-electron chi connectivity index (χ4n) is 4.42. The topological polar surface area (TPSA) is 97.9 Å². The van der Waals surface area contributed by atoms with E-state index in [2.05, 4.69) is 156 Å². The molecule has 0 aliphatic carbocycles. The highest BCUT2D eigenvalue weighted by atomic mass is 15.5. The van der Waals surface area contributed by atoms with Gasteiger partial charge in [0.15, 0.2) is 0 Å². The smallest absolute Gasteiger partial charge is 0.133 e. The molecule has 0 radical (unpaired) electrons. The van der Waals surface area contributed by atoms with Crippen molar-refractivity contribution in [1.29, 1.82) is 0 Å². The van der Waals surface area contributed by atoms with Crippen LogP contribution < -0.4 is 0 Å². The van der Waals surface area contributed by atoms with Crippen LogP contribution in [0.15, 0.2) is 78.8 Å². The molecule has 0 bridgehead atoms. The summed E-state index contributed by atoms with van der Waals surface area (Å²) in [7, 11) is 3.98. The second kappa shape index (κ2) is 29.2. The van der Waals surface area contributed by atoms with E-state index >= 15 is 0 Å². The van der Waals surface area contributed by atoms with Crippen LogP contribution in [0.5, 0.6) is 0 Å². The van der Waals surface area contributed by atoms with Crippen molar-refractivity contribution < 1.29 is 0 Å². The second-order valence-corrected chi connectivity index (χ2v) is 17.7. The van der Waals surface area contributed by atoms with Gasteiger partial charge in [-0.1, -0.05) is 159 Å². The molecule has 1 atom stereocenters. The summed E-state index contributed by atoms with van der Waals surface area (Å²) in [5.74, 6) is 0.898. The normalized spacial score (nSPS) is 13.0. The van der Waals surface area contributed by atoms with Crippen LogP contribution in [-0.2, 0) is 28.7 Å². The molecule has 0 unspecified atom stereocenters. The van der Waals surface area contributed by atoms with Gasteiger partial charge in [-0.25, -0.2) is 9.97 Å². The highest BCUT2D eigenvalue weighted by Crippen LogP contribution is 2.28. The molecule has 9 nitrogen and oxygen atoms in total. The average molecular weight is 792 g/mol. The summed E-state index contributed by atoms with van der Waals surface area (Å²) in [5, 5.41) is 10.5. The Bertz CT molecular complexity index is 1380. The van der Waals surface area contributed by atoms with Gasteiger partial charge >= 0.3 is 0 Å². The number of hydrogen-bond acceptors (Lipinski definition) is 8. The summed E-state index contributed by atoms with van der Waals surface area (Å²) in [6, 6.07) is 10.5. The van der Waals surface area contributed by atoms with Crippen molar-refractivity contribution in [2.45, 2.75) is 187 Å². The van der Waals surface area contributed by atoms with Crippen LogP contribution in [0.25, 0.3) is 0 Å². The van der Waals surface area contributed by atoms with Crippen molar-refractivity contribution in [3.05, 3.63) is 96.6 Å². The van der Waals surface area contributed by atoms with E-state index in [1.54, 1.807) is 31.0 Å². The zero-order chi connectivity index (χ0) is 44.4. The summed E-state index contributed by atoms with van der Waals surface area (Å²) >= 11 is 0. The van der Waals surface area contributed by atoms with Gasteiger partial charge in [-0.05, 0) is 29.7 Å². The number of aromatic nitrogens is 7. The summed E-state index contributed by atoms with van der Waals surface area (Å²) in [6.07, 6.45) is 15.7. The van der Waals surface area contributed by atoms with Gasteiger partial charge in [0.2, 0.25) is 0 Å². The maximum atomic E-state index is 4.30. The van der Waals surface area contributed by atoms with Crippen LogP contribution in [0, 0.1) is 5.41 Å². The highest BCUT2D eigenvalue weighted by molar-refractivity contribution is 5.60. The molecule has 4 aromatic rings. The summed E-state index contributed by atoms with van der Waals surface area (Å²) < 4.78 is 1.83. The Hall–Kier alpha value is -4.01. The molecule has 0 aromatic carbocycles. The SMILES string of the molecule is C.CC.CC.CC.CC(C)(C)c1ccccn1.CC(C)(C)c1cnccn1.CC(C)(C)c1ncccn1.CN1N=CC[C@@H]1C(C)(C)C.Cn1ccc(C(C)(C)C)n1. The lowest BCUT2D eigenvalue weighted by Gasteiger charge is -2.31. The zero-order valence-electron chi connectivity index (χ0n) is 40.3. The Morgan fingerprint density at radius 3 is 1.23 bits per heavy atom. The molecule has 9 heteroatoms. The van der Waals surface area contributed by atoms with E-state index in [4.69, 9.17) is 0 Å². The number of pyridine rings is 1. The van der Waals surface area contributed by atoms with E-state index in [0.29, 0.717) is 11.5 Å². The molecule has 0 spiro atoms. The maximum Gasteiger partial charge on any atom is 0.133 e. The Kier molecular flexibility index (Phi) is 30.6. The summed E-state index contributed by atoms with van der Waals surface area (Å²) in [6.45, 7) is 44.4. The van der Waals surface area contributed by atoms with Crippen LogP contribution >= 0.6 is 0 Å². The summed E-state index contributed by atoms with van der Waals surface area (Å²) in [5.41, 5.74) is 4.24. The minimum absolute atomic E-state index is 0. The van der Waals surface area contributed by atoms with Gasteiger partial charge in [0.05, 0.1) is 17.4 Å². The molecule has 4 aromatic heterocycles. The van der Waals surface area contributed by atoms with E-state index < -0.39 is 0 Å². The van der Waals surface area contributed by atoms with Gasteiger partial charge < -0.3 is 0 Å². The van der Waals surface area contributed by atoms with Gasteiger partial charge in [-0.2, -0.15) is 10.2 Å². The van der Waals surface area contributed by atoms with Crippen LogP contribution in [0.2, 0.25) is 0 Å². The first kappa shape index (κ1) is 59.7. The van der Waals surface area contributed by atoms with Gasteiger partial charge in [-0.3, -0.25) is 24.6 Å². The van der Waals surface area contributed by atoms with Gasteiger partial charge in [-0.15, -0.1) is 0 Å². The third-order valence-corrected chi connectivity index (χ3v) is 7.53. The van der Waals surface area contributed by atoms with Crippen molar-refractivity contribution >= 4 is 6.21 Å². The third kappa shape index (κ3) is 27.3. The van der Waals surface area contributed by atoms with Gasteiger partial charge in [0.1, 0.15) is 5.82 Å². The van der Waals surface area contributed by atoms with Gasteiger partial charge in [0, 0.05) is 97.5 Å². The number of hydrogen-bond donors (Lipinski definition) is 0. The molecule has 1 aliphatic heterocycles. The fraction of sp³-hybridized carbons (Fsp3) is 0.646. The van der Waals surface area contributed by atoms with Crippen LogP contribution in [0.3, 0.4) is 0 Å². The third-order valence-electron chi connectivity index (χ3n) is 7.53. The lowest BCUT2D eigenvalue weighted by molar-refractivity contribution is 0.153. The predicted octanol–water partition coefficient (Wildman–Crippen LogP) is 13.1. The van der Waals surface area contributed by atoms with Crippen molar-refractivity contribution in [3.8, 4) is 0 Å². The Morgan fingerprint density at radius 2 is 1.00 bits per heavy atom. The molecule has 0 saturated carbocycles. The van der Waals surface area contributed by atoms with Crippen LogP contribution in [0.1, 0.15) is 182 Å². The van der Waals surface area contributed by atoms with E-state index in [-0.39, 0.29) is 29.1 Å². The first-order valence-electron chi connectivity index (χ1n) is 20.5. The quantitative estimate of drug-likeness (QED) is 0.175. The largest absolute Gasteiger partial charge is 0.296 e. The molecule has 0 N–H and O–H groups in total. The standard InChI is InChI=1S/C9H13N.C8H14N2.C8H16N2.2C8H12N2.3C2H6.CH4/c1-9(2,3)8-6-4-5-7-10-8;1-8(2,3)7-5-6-10(4)9-7;1-8(2,3)7-5-6-9-10(7)4;1-8(2,3)7-6-9-4-5-10-7;1-8(2,3)7-9-5-4-6-10-7;3*1-2;/h4-7H,1-3H3;5-6H,1-4H3;6-7H,5H2,1-4H3;2*4-6H,1-3H3;3*1-2H3;1H4/t;;7-;;;;;;/m..1....../s1. The zero-order valence-corrected chi connectivity index (χ0v) is 40.3. The minimum atomic E-state index is 0. The van der Waals surface area contributed by atoms with Crippen LogP contribution in [0.4, 0.5) is 0 Å². The predicted molar refractivity (Wildman–Crippen MR) is 251 cm³/mol. The maximum absolute atomic E-state index is 4.30. The lowest BCUT2D eigenvalue weighted by Crippen LogP contribution is -2.35. The van der Waals surface area contributed by atoms with Crippen molar-refractivity contribution in [2.24, 2.45) is 17.6 Å². The molecule has 5 heterocycles. The average Bonchev–Trinajstić information content (AvgIpc) is 3.81. The van der Waals surface area contributed by atoms with E-state index in [1.165, 1.54) is 0 Å². The molecule has 1 aliphatic rings. The highest BCUT2D eigenvalue weighted by Gasteiger charge is 2.29. The van der Waals surface area contributed by atoms with Crippen molar-refractivity contribution in [1.82, 2.24) is 39.7 Å². The Labute approximate surface area is 353 Å². The summed E-state index contributed by atoms with van der Waals surface area (Å²) in [4.78, 5) is 20.7. The number of rotatable bonds is 0. The minimum Gasteiger partial charge on any atom is -0.296 e. The van der Waals surface area contributed by atoms with Gasteiger partial charge in [0.25, 0.3) is 0 Å². The molecule has 57 heavy (non-hydrogen) atoms. The monoisotopic (exact) mass is 792 g/mol. The molecule has 5 rings (SSSR count). The fourth-order valence-corrected chi connectivity index (χ4v) is 4.42. The molecule has 0 fully saturated rings. The van der Waals surface area contributed by atoms with E-state index in [1.807, 2.05) is 97.1 Å². The second-order valence-electron chi connectivity index (χ2n) is 17.7. The lowest BCUT2D eigenvalue weighted by atomic mass is 9.85.